The Labute approximate surface area is 151 Å². The highest BCUT2D eigenvalue weighted by atomic mass is 35.5. The number of piperazine rings is 1. The van der Waals surface area contributed by atoms with Gasteiger partial charge in [-0.15, -0.1) is 0 Å². The number of aromatic nitrogens is 2. The Kier molecular flexibility index (Phi) is 5.43. The van der Waals surface area contributed by atoms with Gasteiger partial charge in [0.1, 0.15) is 5.69 Å². The number of carbonyl (C=O) groups excluding carboxylic acids is 1. The molecule has 3 rings (SSSR count). The van der Waals surface area contributed by atoms with Crippen molar-refractivity contribution in [2.24, 2.45) is 0 Å². The normalized spacial score (nSPS) is 15.7. The van der Waals surface area contributed by atoms with Crippen LogP contribution in [0.15, 0.2) is 30.5 Å². The third kappa shape index (κ3) is 3.74. The van der Waals surface area contributed by atoms with Gasteiger partial charge in [0.05, 0.1) is 0 Å². The molecular formula is C17H20Cl2N4O. The molecule has 128 valence electrons. The third-order valence-corrected chi connectivity index (χ3v) is 4.89. The van der Waals surface area contributed by atoms with Crippen molar-refractivity contribution in [3.05, 3.63) is 51.8 Å². The fourth-order valence-corrected chi connectivity index (χ4v) is 3.40. The van der Waals surface area contributed by atoms with Crippen LogP contribution < -0.4 is 0 Å². The van der Waals surface area contributed by atoms with E-state index in [1.54, 1.807) is 23.0 Å². The number of hydrogen-bond acceptors (Lipinski definition) is 3. The molecule has 1 aliphatic rings. The largest absolute Gasteiger partial charge is 0.335 e. The maximum Gasteiger partial charge on any atom is 0.272 e. The molecule has 0 aliphatic carbocycles. The van der Waals surface area contributed by atoms with E-state index in [4.69, 9.17) is 23.2 Å². The quantitative estimate of drug-likeness (QED) is 0.834. The summed E-state index contributed by atoms with van der Waals surface area (Å²) in [6.45, 7) is 6.51. The molecule has 2 heterocycles. The number of aryl methyl sites for hydroxylation is 1. The monoisotopic (exact) mass is 366 g/mol. The Morgan fingerprint density at radius 1 is 1.17 bits per heavy atom. The number of amides is 1. The minimum absolute atomic E-state index is 0.0542. The van der Waals surface area contributed by atoms with Gasteiger partial charge in [-0.3, -0.25) is 14.4 Å². The highest BCUT2D eigenvalue weighted by molar-refractivity contribution is 6.35. The summed E-state index contributed by atoms with van der Waals surface area (Å²) in [4.78, 5) is 16.8. The Morgan fingerprint density at radius 2 is 1.92 bits per heavy atom. The molecule has 1 aromatic heterocycles. The molecule has 0 atom stereocenters. The first-order valence-corrected chi connectivity index (χ1v) is 8.81. The summed E-state index contributed by atoms with van der Waals surface area (Å²) in [6.07, 6.45) is 1.68. The van der Waals surface area contributed by atoms with Gasteiger partial charge in [0, 0.05) is 55.5 Å². The fourth-order valence-electron chi connectivity index (χ4n) is 2.93. The lowest BCUT2D eigenvalue weighted by atomic mass is 10.2. The summed E-state index contributed by atoms with van der Waals surface area (Å²) in [6, 6.07) is 7.37. The lowest BCUT2D eigenvalue weighted by Gasteiger charge is -2.34. The molecule has 0 spiro atoms. The number of halogens is 2. The Balaban J connectivity index is 1.58. The number of carbonyl (C=O) groups is 1. The van der Waals surface area contributed by atoms with Crippen molar-refractivity contribution < 1.29 is 4.79 Å². The second-order valence-electron chi connectivity index (χ2n) is 5.84. The van der Waals surface area contributed by atoms with Crippen LogP contribution in [-0.2, 0) is 13.1 Å². The molecule has 1 saturated heterocycles. The minimum Gasteiger partial charge on any atom is -0.335 e. The maximum absolute atomic E-state index is 12.6. The Hall–Kier alpha value is -1.56. The zero-order valence-electron chi connectivity index (χ0n) is 13.6. The first-order chi connectivity index (χ1) is 11.6. The summed E-state index contributed by atoms with van der Waals surface area (Å²) in [5.74, 6) is 0.0542. The Morgan fingerprint density at radius 3 is 2.58 bits per heavy atom. The van der Waals surface area contributed by atoms with Gasteiger partial charge in [0.15, 0.2) is 0 Å². The molecule has 24 heavy (non-hydrogen) atoms. The van der Waals surface area contributed by atoms with Crippen LogP contribution in [0.3, 0.4) is 0 Å². The van der Waals surface area contributed by atoms with E-state index in [1.807, 2.05) is 24.0 Å². The van der Waals surface area contributed by atoms with Gasteiger partial charge in [-0.25, -0.2) is 0 Å². The lowest BCUT2D eigenvalue weighted by Crippen LogP contribution is -2.48. The molecule has 0 bridgehead atoms. The second-order valence-corrected chi connectivity index (χ2v) is 6.68. The van der Waals surface area contributed by atoms with Crippen molar-refractivity contribution in [1.82, 2.24) is 19.6 Å². The van der Waals surface area contributed by atoms with Crippen molar-refractivity contribution in [2.45, 2.75) is 20.0 Å². The molecule has 1 aliphatic heterocycles. The highest BCUT2D eigenvalue weighted by Gasteiger charge is 2.24. The van der Waals surface area contributed by atoms with E-state index in [9.17, 15) is 4.79 Å². The molecule has 7 heteroatoms. The van der Waals surface area contributed by atoms with Crippen LogP contribution in [0.2, 0.25) is 10.0 Å². The van der Waals surface area contributed by atoms with E-state index in [1.165, 1.54) is 0 Å². The van der Waals surface area contributed by atoms with Crippen LogP contribution in [0.5, 0.6) is 0 Å². The number of benzene rings is 1. The third-order valence-electron chi connectivity index (χ3n) is 4.30. The molecule has 1 aromatic carbocycles. The lowest BCUT2D eigenvalue weighted by molar-refractivity contribution is 0.0616. The molecule has 1 amide bonds. The first-order valence-electron chi connectivity index (χ1n) is 8.06. The van der Waals surface area contributed by atoms with Crippen molar-refractivity contribution in [3.8, 4) is 0 Å². The summed E-state index contributed by atoms with van der Waals surface area (Å²) in [5, 5.41) is 5.50. The maximum atomic E-state index is 12.6. The predicted octanol–water partition coefficient (Wildman–Crippen LogP) is 3.17. The molecule has 5 nitrogen and oxygen atoms in total. The topological polar surface area (TPSA) is 41.4 Å². The van der Waals surface area contributed by atoms with Gasteiger partial charge in [-0.1, -0.05) is 29.3 Å². The van der Waals surface area contributed by atoms with Gasteiger partial charge in [0.25, 0.3) is 5.91 Å². The smallest absolute Gasteiger partial charge is 0.272 e. The Bertz CT molecular complexity index is 723. The van der Waals surface area contributed by atoms with Gasteiger partial charge in [0.2, 0.25) is 0 Å². The SMILES string of the molecule is CCn1nccc1C(=O)N1CCN(Cc2ccc(Cl)cc2Cl)CC1. The molecule has 2 aromatic rings. The summed E-state index contributed by atoms with van der Waals surface area (Å²) >= 11 is 12.2. The molecule has 1 fully saturated rings. The summed E-state index contributed by atoms with van der Waals surface area (Å²) in [7, 11) is 0. The summed E-state index contributed by atoms with van der Waals surface area (Å²) < 4.78 is 1.74. The van der Waals surface area contributed by atoms with E-state index < -0.39 is 0 Å². The predicted molar refractivity (Wildman–Crippen MR) is 95.5 cm³/mol. The van der Waals surface area contributed by atoms with Crippen molar-refractivity contribution >= 4 is 29.1 Å². The van der Waals surface area contributed by atoms with Crippen LogP contribution >= 0.6 is 23.2 Å². The van der Waals surface area contributed by atoms with Gasteiger partial charge >= 0.3 is 0 Å². The number of nitrogens with zero attached hydrogens (tertiary/aromatic N) is 4. The molecular weight excluding hydrogens is 347 g/mol. The van der Waals surface area contributed by atoms with Crippen molar-refractivity contribution in [3.63, 3.8) is 0 Å². The molecule has 0 unspecified atom stereocenters. The van der Waals surface area contributed by atoms with Gasteiger partial charge < -0.3 is 4.90 Å². The van der Waals surface area contributed by atoms with Crippen LogP contribution in [-0.4, -0.2) is 51.7 Å². The van der Waals surface area contributed by atoms with E-state index >= 15 is 0 Å². The van der Waals surface area contributed by atoms with E-state index in [-0.39, 0.29) is 5.91 Å². The zero-order chi connectivity index (χ0) is 17.1. The van der Waals surface area contributed by atoms with Crippen molar-refractivity contribution in [1.29, 1.82) is 0 Å². The summed E-state index contributed by atoms with van der Waals surface area (Å²) in [5.41, 5.74) is 1.72. The zero-order valence-corrected chi connectivity index (χ0v) is 15.1. The van der Waals surface area contributed by atoms with E-state index in [0.29, 0.717) is 35.4 Å². The van der Waals surface area contributed by atoms with Crippen LogP contribution in [0.25, 0.3) is 0 Å². The van der Waals surface area contributed by atoms with Gasteiger partial charge in [-0.05, 0) is 30.7 Å². The number of rotatable bonds is 4. The van der Waals surface area contributed by atoms with Crippen LogP contribution in [0.4, 0.5) is 0 Å². The fraction of sp³-hybridized carbons (Fsp3) is 0.412. The van der Waals surface area contributed by atoms with Crippen LogP contribution in [0.1, 0.15) is 23.0 Å². The molecule has 0 N–H and O–H groups in total. The van der Waals surface area contributed by atoms with Gasteiger partial charge in [-0.2, -0.15) is 5.10 Å². The van der Waals surface area contributed by atoms with Crippen LogP contribution in [0, 0.1) is 0 Å². The standard InChI is InChI=1S/C17H20Cl2N4O/c1-2-23-16(5-6-20-23)17(24)22-9-7-21(8-10-22)12-13-3-4-14(18)11-15(13)19/h3-6,11H,2,7-10,12H2,1H3. The molecule has 0 radical (unpaired) electrons. The first kappa shape index (κ1) is 17.3. The van der Waals surface area contributed by atoms with Crippen molar-refractivity contribution in [2.75, 3.05) is 26.2 Å². The number of hydrogen-bond donors (Lipinski definition) is 0. The second kappa shape index (κ2) is 7.55. The highest BCUT2D eigenvalue weighted by Crippen LogP contribution is 2.22. The van der Waals surface area contributed by atoms with E-state index in [0.717, 1.165) is 25.2 Å². The molecule has 0 saturated carbocycles. The minimum atomic E-state index is 0.0542. The average molecular weight is 367 g/mol. The van der Waals surface area contributed by atoms with E-state index in [2.05, 4.69) is 10.00 Å². The average Bonchev–Trinajstić information content (AvgIpc) is 3.06.